The lowest BCUT2D eigenvalue weighted by Gasteiger charge is -2.10. The zero-order valence-corrected chi connectivity index (χ0v) is 17.3. The molecule has 2 aromatic heterocycles. The standard InChI is InChI=1S/C24H23N5O2/c1-15(2)27-23(30)17-5-9-19(10-6-17)29-24(31)28-18-7-3-16(4-8-18)20-11-13-25-22-21(20)12-14-26-22/h3-15H,1-2H3,(H,25,26)(H,27,30)(H2,28,29,31). The van der Waals surface area contributed by atoms with Crippen molar-refractivity contribution in [1.29, 1.82) is 0 Å². The first-order valence-electron chi connectivity index (χ1n) is 10.0. The number of benzene rings is 2. The quantitative estimate of drug-likeness (QED) is 0.370. The predicted octanol–water partition coefficient (Wildman–Crippen LogP) is 5.01. The number of anilines is 2. The van der Waals surface area contributed by atoms with Crippen molar-refractivity contribution < 1.29 is 9.59 Å². The molecule has 4 rings (SSSR count). The highest BCUT2D eigenvalue weighted by Gasteiger charge is 2.09. The molecule has 156 valence electrons. The lowest BCUT2D eigenvalue weighted by Crippen LogP contribution is -2.30. The minimum atomic E-state index is -0.357. The molecule has 4 aromatic rings. The van der Waals surface area contributed by atoms with E-state index in [1.165, 1.54) is 0 Å². The third-order valence-corrected chi connectivity index (χ3v) is 4.74. The number of amides is 3. The normalized spacial score (nSPS) is 10.8. The molecule has 2 aromatic carbocycles. The molecule has 7 nitrogen and oxygen atoms in total. The smallest absolute Gasteiger partial charge is 0.323 e. The zero-order valence-electron chi connectivity index (χ0n) is 17.3. The third kappa shape index (κ3) is 4.72. The molecular weight excluding hydrogens is 390 g/mol. The number of aromatic amines is 1. The van der Waals surface area contributed by atoms with Crippen molar-refractivity contribution in [3.63, 3.8) is 0 Å². The number of hydrogen-bond acceptors (Lipinski definition) is 3. The Labute approximate surface area is 179 Å². The zero-order chi connectivity index (χ0) is 21.8. The van der Waals surface area contributed by atoms with Crippen molar-refractivity contribution in [2.45, 2.75) is 19.9 Å². The summed E-state index contributed by atoms with van der Waals surface area (Å²) in [6.45, 7) is 3.81. The molecule has 0 aliphatic rings. The van der Waals surface area contributed by atoms with Gasteiger partial charge in [-0.15, -0.1) is 0 Å². The molecule has 0 unspecified atom stereocenters. The maximum absolute atomic E-state index is 12.3. The number of nitrogens with one attached hydrogen (secondary N) is 4. The largest absolute Gasteiger partial charge is 0.350 e. The van der Waals surface area contributed by atoms with Crippen LogP contribution in [-0.4, -0.2) is 27.9 Å². The summed E-state index contributed by atoms with van der Waals surface area (Å²) in [4.78, 5) is 31.7. The van der Waals surface area contributed by atoms with Crippen LogP contribution in [0, 0.1) is 0 Å². The minimum absolute atomic E-state index is 0.0649. The second-order valence-corrected chi connectivity index (χ2v) is 7.46. The van der Waals surface area contributed by atoms with Gasteiger partial charge in [-0.05, 0) is 73.5 Å². The van der Waals surface area contributed by atoms with Gasteiger partial charge >= 0.3 is 6.03 Å². The molecular formula is C24H23N5O2. The summed E-state index contributed by atoms with van der Waals surface area (Å²) in [6, 6.07) is 18.0. The predicted molar refractivity (Wildman–Crippen MR) is 123 cm³/mol. The van der Waals surface area contributed by atoms with Gasteiger partial charge in [-0.25, -0.2) is 9.78 Å². The topological polar surface area (TPSA) is 98.9 Å². The van der Waals surface area contributed by atoms with Crippen molar-refractivity contribution >= 4 is 34.3 Å². The van der Waals surface area contributed by atoms with E-state index in [-0.39, 0.29) is 18.0 Å². The van der Waals surface area contributed by atoms with Gasteiger partial charge in [0.05, 0.1) is 0 Å². The Morgan fingerprint density at radius 2 is 1.52 bits per heavy atom. The number of aromatic nitrogens is 2. The van der Waals surface area contributed by atoms with Crippen molar-refractivity contribution in [3.8, 4) is 11.1 Å². The molecule has 3 amide bonds. The third-order valence-electron chi connectivity index (χ3n) is 4.74. The number of hydrogen-bond donors (Lipinski definition) is 4. The molecule has 0 atom stereocenters. The number of rotatable bonds is 5. The number of urea groups is 1. The second-order valence-electron chi connectivity index (χ2n) is 7.46. The molecule has 7 heteroatoms. The van der Waals surface area contributed by atoms with Gasteiger partial charge in [0.25, 0.3) is 5.91 Å². The number of H-pyrrole nitrogens is 1. The average Bonchev–Trinajstić information content (AvgIpc) is 3.23. The highest BCUT2D eigenvalue weighted by atomic mass is 16.2. The second kappa shape index (κ2) is 8.71. The summed E-state index contributed by atoms with van der Waals surface area (Å²) in [5.41, 5.74) is 4.77. The van der Waals surface area contributed by atoms with Gasteiger partial charge < -0.3 is 20.9 Å². The van der Waals surface area contributed by atoms with Crippen molar-refractivity contribution in [3.05, 3.63) is 78.6 Å². The monoisotopic (exact) mass is 413 g/mol. The summed E-state index contributed by atoms with van der Waals surface area (Å²) in [5, 5.41) is 9.47. The Morgan fingerprint density at radius 3 is 2.16 bits per heavy atom. The highest BCUT2D eigenvalue weighted by molar-refractivity contribution is 6.01. The fourth-order valence-electron chi connectivity index (χ4n) is 3.29. The number of fused-ring (bicyclic) bond motifs is 1. The Balaban J connectivity index is 1.39. The van der Waals surface area contributed by atoms with E-state index in [1.54, 1.807) is 30.5 Å². The molecule has 31 heavy (non-hydrogen) atoms. The maximum atomic E-state index is 12.3. The molecule has 0 bridgehead atoms. The Kier molecular flexibility index (Phi) is 5.66. The molecule has 4 N–H and O–H groups in total. The molecule has 0 fully saturated rings. The number of nitrogens with zero attached hydrogens (tertiary/aromatic N) is 1. The summed E-state index contributed by atoms with van der Waals surface area (Å²) in [5.74, 6) is -0.141. The van der Waals surface area contributed by atoms with Crippen molar-refractivity contribution in [2.75, 3.05) is 10.6 Å². The highest BCUT2D eigenvalue weighted by Crippen LogP contribution is 2.27. The summed E-state index contributed by atoms with van der Waals surface area (Å²) < 4.78 is 0. The van der Waals surface area contributed by atoms with Crippen LogP contribution in [0.5, 0.6) is 0 Å². The number of carbonyl (C=O) groups excluding carboxylic acids is 2. The summed E-state index contributed by atoms with van der Waals surface area (Å²) in [7, 11) is 0. The molecule has 0 saturated heterocycles. The lowest BCUT2D eigenvalue weighted by molar-refractivity contribution is 0.0943. The molecule has 0 saturated carbocycles. The molecule has 0 spiro atoms. The maximum Gasteiger partial charge on any atom is 0.323 e. The fraction of sp³-hybridized carbons (Fsp3) is 0.125. The fourth-order valence-corrected chi connectivity index (χ4v) is 3.29. The minimum Gasteiger partial charge on any atom is -0.350 e. The van der Waals surface area contributed by atoms with Gasteiger partial charge in [0.15, 0.2) is 0 Å². The van der Waals surface area contributed by atoms with E-state index >= 15 is 0 Å². The van der Waals surface area contributed by atoms with E-state index in [9.17, 15) is 9.59 Å². The van der Waals surface area contributed by atoms with Crippen LogP contribution in [0.2, 0.25) is 0 Å². The molecule has 0 aliphatic carbocycles. The first-order chi connectivity index (χ1) is 15.0. The lowest BCUT2D eigenvalue weighted by atomic mass is 10.0. The van der Waals surface area contributed by atoms with Crippen LogP contribution >= 0.6 is 0 Å². The summed E-state index contributed by atoms with van der Waals surface area (Å²) in [6.07, 6.45) is 3.64. The van der Waals surface area contributed by atoms with Gasteiger partial charge in [-0.3, -0.25) is 4.79 Å². The van der Waals surface area contributed by atoms with Gasteiger partial charge in [-0.2, -0.15) is 0 Å². The van der Waals surface area contributed by atoms with E-state index < -0.39 is 0 Å². The van der Waals surface area contributed by atoms with Crippen LogP contribution in [0.15, 0.2) is 73.1 Å². The summed E-state index contributed by atoms with van der Waals surface area (Å²) >= 11 is 0. The van der Waals surface area contributed by atoms with Gasteiger partial charge in [0, 0.05) is 40.8 Å². The molecule has 0 radical (unpaired) electrons. The van der Waals surface area contributed by atoms with Crippen LogP contribution in [-0.2, 0) is 0 Å². The average molecular weight is 413 g/mol. The van der Waals surface area contributed by atoms with Crippen LogP contribution in [0.3, 0.4) is 0 Å². The Bertz CT molecular complexity index is 1210. The van der Waals surface area contributed by atoms with Crippen LogP contribution < -0.4 is 16.0 Å². The van der Waals surface area contributed by atoms with Crippen LogP contribution in [0.4, 0.5) is 16.2 Å². The van der Waals surface area contributed by atoms with Gasteiger partial charge in [0.2, 0.25) is 0 Å². The first kappa shape index (κ1) is 20.2. The van der Waals surface area contributed by atoms with Crippen LogP contribution in [0.1, 0.15) is 24.2 Å². The van der Waals surface area contributed by atoms with E-state index in [4.69, 9.17) is 0 Å². The van der Waals surface area contributed by atoms with Crippen molar-refractivity contribution in [2.24, 2.45) is 0 Å². The first-order valence-corrected chi connectivity index (χ1v) is 10.0. The number of pyridine rings is 1. The Morgan fingerprint density at radius 1 is 0.871 bits per heavy atom. The van der Waals surface area contributed by atoms with E-state index in [2.05, 4.69) is 25.9 Å². The SMILES string of the molecule is CC(C)NC(=O)c1ccc(NC(=O)Nc2ccc(-c3ccnc4[nH]ccc34)cc2)cc1. The van der Waals surface area contributed by atoms with Crippen molar-refractivity contribution in [1.82, 2.24) is 15.3 Å². The number of carbonyl (C=O) groups is 2. The molecule has 0 aliphatic heterocycles. The van der Waals surface area contributed by atoms with E-state index in [0.717, 1.165) is 22.2 Å². The van der Waals surface area contributed by atoms with Gasteiger partial charge in [0.1, 0.15) is 5.65 Å². The van der Waals surface area contributed by atoms with Gasteiger partial charge in [-0.1, -0.05) is 12.1 Å². The Hall–Kier alpha value is -4.13. The molecule has 2 heterocycles. The van der Waals surface area contributed by atoms with E-state index in [1.807, 2.05) is 56.4 Å². The van der Waals surface area contributed by atoms with Crippen LogP contribution in [0.25, 0.3) is 22.2 Å². The van der Waals surface area contributed by atoms with E-state index in [0.29, 0.717) is 16.9 Å².